The van der Waals surface area contributed by atoms with E-state index in [0.29, 0.717) is 16.5 Å². The summed E-state index contributed by atoms with van der Waals surface area (Å²) in [6, 6.07) is 15.0. The van der Waals surface area contributed by atoms with Gasteiger partial charge in [0.15, 0.2) is 0 Å². The molecule has 0 aromatic heterocycles. The number of benzene rings is 2. The van der Waals surface area contributed by atoms with Gasteiger partial charge in [0.25, 0.3) is 0 Å². The van der Waals surface area contributed by atoms with Gasteiger partial charge < -0.3 is 10.1 Å². The lowest BCUT2D eigenvalue weighted by Gasteiger charge is -2.14. The van der Waals surface area contributed by atoms with Gasteiger partial charge in [-0.15, -0.1) is 11.8 Å². The fourth-order valence-corrected chi connectivity index (χ4v) is 2.95. The van der Waals surface area contributed by atoms with Crippen LogP contribution < -0.4 is 10.1 Å². The van der Waals surface area contributed by atoms with E-state index in [0.717, 1.165) is 11.3 Å². The molecule has 2 rings (SSSR count). The normalized spacial score (nSPS) is 11.8. The van der Waals surface area contributed by atoms with Crippen LogP contribution in [0.25, 0.3) is 0 Å². The first kappa shape index (κ1) is 16.7. The largest absolute Gasteiger partial charge is 0.495 e. The first-order valence-electron chi connectivity index (χ1n) is 6.90. The molecule has 0 bridgehead atoms. The molecule has 0 radical (unpaired) electrons. The van der Waals surface area contributed by atoms with Crippen molar-refractivity contribution < 1.29 is 9.53 Å². The molecule has 0 saturated heterocycles. The molecule has 0 unspecified atom stereocenters. The Hall–Kier alpha value is -1.65. The van der Waals surface area contributed by atoms with Crippen molar-refractivity contribution in [3.05, 3.63) is 59.1 Å². The van der Waals surface area contributed by atoms with Crippen molar-refractivity contribution in [2.75, 3.05) is 12.4 Å². The number of amides is 1. The molecule has 116 valence electrons. The Kier molecular flexibility index (Phi) is 6.16. The predicted molar refractivity (Wildman–Crippen MR) is 93.8 cm³/mol. The maximum absolute atomic E-state index is 12.3. The molecule has 0 aliphatic rings. The van der Waals surface area contributed by atoms with E-state index in [4.69, 9.17) is 16.3 Å². The summed E-state index contributed by atoms with van der Waals surface area (Å²) in [5.41, 5.74) is 1.79. The maximum Gasteiger partial charge on any atom is 0.237 e. The number of nitrogens with one attached hydrogen (secondary N) is 1. The van der Waals surface area contributed by atoms with Crippen LogP contribution in [0.2, 0.25) is 5.02 Å². The molecule has 2 aromatic carbocycles. The standard InChI is InChI=1S/C17H18ClNO2S/c1-12(22-11-13-6-5-7-14(18)10-13)17(20)19-15-8-3-4-9-16(15)21-2/h3-10,12H,11H2,1-2H3,(H,19,20)/t12-/m1/s1. The number of hydrogen-bond donors (Lipinski definition) is 1. The van der Waals surface area contributed by atoms with Gasteiger partial charge in [0.2, 0.25) is 5.91 Å². The van der Waals surface area contributed by atoms with Gasteiger partial charge in [-0.05, 0) is 36.8 Å². The number of thioether (sulfide) groups is 1. The lowest BCUT2D eigenvalue weighted by Crippen LogP contribution is -2.22. The second kappa shape index (κ2) is 8.11. The van der Waals surface area contributed by atoms with Gasteiger partial charge >= 0.3 is 0 Å². The SMILES string of the molecule is COc1ccccc1NC(=O)[C@@H](C)SCc1cccc(Cl)c1. The van der Waals surface area contributed by atoms with E-state index in [2.05, 4.69) is 5.32 Å². The number of ether oxygens (including phenoxy) is 1. The molecule has 0 spiro atoms. The Morgan fingerprint density at radius 1 is 1.27 bits per heavy atom. The Morgan fingerprint density at radius 2 is 2.05 bits per heavy atom. The van der Waals surface area contributed by atoms with Crippen LogP contribution in [0.15, 0.2) is 48.5 Å². The van der Waals surface area contributed by atoms with Crippen molar-refractivity contribution in [2.24, 2.45) is 0 Å². The van der Waals surface area contributed by atoms with Gasteiger partial charge in [0.05, 0.1) is 18.0 Å². The minimum absolute atomic E-state index is 0.0449. The topological polar surface area (TPSA) is 38.3 Å². The number of carbonyl (C=O) groups is 1. The van der Waals surface area contributed by atoms with Gasteiger partial charge in [-0.2, -0.15) is 0 Å². The average molecular weight is 336 g/mol. The van der Waals surface area contributed by atoms with E-state index in [1.807, 2.05) is 55.5 Å². The molecule has 0 heterocycles. The lowest BCUT2D eigenvalue weighted by molar-refractivity contribution is -0.115. The number of para-hydroxylation sites is 2. The van der Waals surface area contributed by atoms with Gasteiger partial charge in [0.1, 0.15) is 5.75 Å². The molecular weight excluding hydrogens is 318 g/mol. The van der Waals surface area contributed by atoms with E-state index in [1.165, 1.54) is 0 Å². The fraction of sp³-hybridized carbons (Fsp3) is 0.235. The van der Waals surface area contributed by atoms with Crippen molar-refractivity contribution in [1.29, 1.82) is 0 Å². The second-order valence-corrected chi connectivity index (χ2v) is 6.54. The summed E-state index contributed by atoms with van der Waals surface area (Å²) in [4.78, 5) is 12.3. The van der Waals surface area contributed by atoms with Gasteiger partial charge in [-0.1, -0.05) is 35.9 Å². The molecule has 0 aliphatic carbocycles. The molecule has 1 N–H and O–H groups in total. The van der Waals surface area contributed by atoms with Gasteiger partial charge in [-0.25, -0.2) is 0 Å². The zero-order valence-corrected chi connectivity index (χ0v) is 14.1. The van der Waals surface area contributed by atoms with Gasteiger partial charge in [-0.3, -0.25) is 4.79 Å². The van der Waals surface area contributed by atoms with Gasteiger partial charge in [0, 0.05) is 10.8 Å². The first-order chi connectivity index (χ1) is 10.6. The molecular formula is C17H18ClNO2S. The zero-order valence-electron chi connectivity index (χ0n) is 12.5. The third kappa shape index (κ3) is 4.68. The molecule has 0 fully saturated rings. The van der Waals surface area contributed by atoms with E-state index < -0.39 is 0 Å². The number of carbonyl (C=O) groups excluding carboxylic acids is 1. The third-order valence-electron chi connectivity index (χ3n) is 3.12. The summed E-state index contributed by atoms with van der Waals surface area (Å²) < 4.78 is 5.23. The number of halogens is 1. The summed E-state index contributed by atoms with van der Waals surface area (Å²) >= 11 is 7.53. The summed E-state index contributed by atoms with van der Waals surface area (Å²) in [5.74, 6) is 1.35. The van der Waals surface area contributed by atoms with E-state index in [-0.39, 0.29) is 11.2 Å². The predicted octanol–water partition coefficient (Wildman–Crippen LogP) is 4.61. The number of rotatable bonds is 6. The van der Waals surface area contributed by atoms with E-state index >= 15 is 0 Å². The molecule has 2 aromatic rings. The molecule has 0 saturated carbocycles. The van der Waals surface area contributed by atoms with Crippen LogP contribution in [-0.4, -0.2) is 18.3 Å². The molecule has 22 heavy (non-hydrogen) atoms. The van der Waals surface area contributed by atoms with Crippen LogP contribution in [0.4, 0.5) is 5.69 Å². The molecule has 5 heteroatoms. The average Bonchev–Trinajstić information content (AvgIpc) is 2.53. The number of anilines is 1. The summed E-state index contributed by atoms with van der Waals surface area (Å²) in [6.45, 7) is 1.89. The Labute approximate surface area is 140 Å². The fourth-order valence-electron chi connectivity index (χ4n) is 1.91. The van der Waals surface area contributed by atoms with Crippen molar-refractivity contribution in [2.45, 2.75) is 17.9 Å². The molecule has 1 atom stereocenters. The van der Waals surface area contributed by atoms with Crippen LogP contribution in [-0.2, 0) is 10.5 Å². The Balaban J connectivity index is 1.92. The van der Waals surface area contributed by atoms with Crippen LogP contribution in [0.5, 0.6) is 5.75 Å². The third-order valence-corrected chi connectivity index (χ3v) is 4.57. The highest BCUT2D eigenvalue weighted by atomic mass is 35.5. The first-order valence-corrected chi connectivity index (χ1v) is 8.32. The van der Waals surface area contributed by atoms with E-state index in [9.17, 15) is 4.79 Å². The smallest absolute Gasteiger partial charge is 0.237 e. The quantitative estimate of drug-likeness (QED) is 0.837. The van der Waals surface area contributed by atoms with Crippen molar-refractivity contribution in [3.8, 4) is 5.75 Å². The van der Waals surface area contributed by atoms with Crippen molar-refractivity contribution >= 4 is 35.0 Å². The lowest BCUT2D eigenvalue weighted by atomic mass is 10.2. The summed E-state index contributed by atoms with van der Waals surface area (Å²) in [6.07, 6.45) is 0. The number of hydrogen-bond acceptors (Lipinski definition) is 3. The highest BCUT2D eigenvalue weighted by Crippen LogP contribution is 2.25. The maximum atomic E-state index is 12.3. The van der Waals surface area contributed by atoms with Crippen LogP contribution >= 0.6 is 23.4 Å². The highest BCUT2D eigenvalue weighted by molar-refractivity contribution is 7.99. The van der Waals surface area contributed by atoms with Crippen LogP contribution in [0.3, 0.4) is 0 Å². The minimum atomic E-state index is -0.177. The van der Waals surface area contributed by atoms with E-state index in [1.54, 1.807) is 18.9 Å². The molecule has 0 aliphatic heterocycles. The molecule has 3 nitrogen and oxygen atoms in total. The summed E-state index contributed by atoms with van der Waals surface area (Å²) in [7, 11) is 1.59. The van der Waals surface area contributed by atoms with Crippen LogP contribution in [0, 0.1) is 0 Å². The Bertz CT molecular complexity index is 648. The second-order valence-electron chi connectivity index (χ2n) is 4.77. The summed E-state index contributed by atoms with van der Waals surface area (Å²) in [5, 5.41) is 3.43. The van der Waals surface area contributed by atoms with Crippen LogP contribution in [0.1, 0.15) is 12.5 Å². The monoisotopic (exact) mass is 335 g/mol. The number of methoxy groups -OCH3 is 1. The highest BCUT2D eigenvalue weighted by Gasteiger charge is 2.15. The Morgan fingerprint density at radius 3 is 2.77 bits per heavy atom. The van der Waals surface area contributed by atoms with Crippen molar-refractivity contribution in [3.63, 3.8) is 0 Å². The molecule has 1 amide bonds. The minimum Gasteiger partial charge on any atom is -0.495 e. The zero-order chi connectivity index (χ0) is 15.9. The van der Waals surface area contributed by atoms with Crippen molar-refractivity contribution in [1.82, 2.24) is 0 Å².